The second-order valence-electron chi connectivity index (χ2n) is 4.36. The zero-order valence-electron chi connectivity index (χ0n) is 10.1. The molecule has 0 saturated carbocycles. The quantitative estimate of drug-likeness (QED) is 0.927. The van der Waals surface area contributed by atoms with Crippen molar-refractivity contribution >= 4 is 27.3 Å². The summed E-state index contributed by atoms with van der Waals surface area (Å²) in [6.45, 7) is 2.84. The molecule has 0 amide bonds. The van der Waals surface area contributed by atoms with Crippen molar-refractivity contribution in [2.45, 2.75) is 25.0 Å². The second kappa shape index (κ2) is 6.29. The molecular formula is C12H19BrN2OS. The van der Waals surface area contributed by atoms with Crippen molar-refractivity contribution in [1.29, 1.82) is 0 Å². The van der Waals surface area contributed by atoms with E-state index in [9.17, 15) is 0 Å². The number of rotatable bonds is 4. The summed E-state index contributed by atoms with van der Waals surface area (Å²) in [6.07, 6.45) is 2.65. The molecule has 1 unspecified atom stereocenters. The fraction of sp³-hybridized carbons (Fsp3) is 0.667. The molecule has 5 heteroatoms. The maximum atomic E-state index is 5.93. The molecule has 3 nitrogen and oxygen atoms in total. The van der Waals surface area contributed by atoms with Crippen LogP contribution in [0.2, 0.25) is 0 Å². The van der Waals surface area contributed by atoms with E-state index < -0.39 is 0 Å². The van der Waals surface area contributed by atoms with Gasteiger partial charge in [-0.3, -0.25) is 4.90 Å². The number of nitrogens with two attached hydrogens (primary N) is 1. The monoisotopic (exact) mass is 318 g/mol. The van der Waals surface area contributed by atoms with Gasteiger partial charge in [-0.1, -0.05) is 0 Å². The molecule has 17 heavy (non-hydrogen) atoms. The third kappa shape index (κ3) is 3.29. The van der Waals surface area contributed by atoms with E-state index in [-0.39, 0.29) is 0 Å². The van der Waals surface area contributed by atoms with Crippen molar-refractivity contribution < 1.29 is 4.74 Å². The van der Waals surface area contributed by atoms with Crippen molar-refractivity contribution in [3.63, 3.8) is 0 Å². The van der Waals surface area contributed by atoms with Crippen LogP contribution in [-0.4, -0.2) is 37.7 Å². The standard InChI is InChI=1S/C12H19BrN2OS/c1-16-9-4-6-15(7-5-9)10(8-14)11-2-3-12(13)17-11/h2-3,9-10H,4-8,14H2,1H3. The van der Waals surface area contributed by atoms with Crippen LogP contribution >= 0.6 is 27.3 Å². The van der Waals surface area contributed by atoms with Gasteiger partial charge in [0.2, 0.25) is 0 Å². The number of thiophene rings is 1. The molecule has 1 saturated heterocycles. The minimum atomic E-state index is 0.365. The molecule has 1 atom stereocenters. The summed E-state index contributed by atoms with van der Waals surface area (Å²) in [6, 6.07) is 4.64. The fourth-order valence-electron chi connectivity index (χ4n) is 2.38. The molecule has 1 fully saturated rings. The zero-order valence-corrected chi connectivity index (χ0v) is 12.5. The maximum Gasteiger partial charge on any atom is 0.0702 e. The molecule has 1 aliphatic heterocycles. The van der Waals surface area contributed by atoms with Crippen molar-refractivity contribution in [2.24, 2.45) is 5.73 Å². The first-order chi connectivity index (χ1) is 8.24. The highest BCUT2D eigenvalue weighted by atomic mass is 79.9. The Hall–Kier alpha value is 0.0600. The summed E-state index contributed by atoms with van der Waals surface area (Å²) in [5.41, 5.74) is 5.93. The highest BCUT2D eigenvalue weighted by Crippen LogP contribution is 2.31. The van der Waals surface area contributed by atoms with E-state index >= 15 is 0 Å². The molecule has 96 valence electrons. The van der Waals surface area contributed by atoms with Gasteiger partial charge >= 0.3 is 0 Å². The minimum absolute atomic E-state index is 0.365. The lowest BCUT2D eigenvalue weighted by molar-refractivity contribution is 0.0285. The zero-order chi connectivity index (χ0) is 12.3. The Labute approximate surface area is 115 Å². The number of halogens is 1. The van der Waals surface area contributed by atoms with Gasteiger partial charge in [-0.25, -0.2) is 0 Å². The van der Waals surface area contributed by atoms with Crippen molar-refractivity contribution in [1.82, 2.24) is 4.90 Å². The van der Waals surface area contributed by atoms with Crippen molar-refractivity contribution in [3.8, 4) is 0 Å². The summed E-state index contributed by atoms with van der Waals surface area (Å²) in [5.74, 6) is 0. The van der Waals surface area contributed by atoms with E-state index in [0.29, 0.717) is 18.7 Å². The van der Waals surface area contributed by atoms with Gasteiger partial charge in [-0.05, 0) is 40.9 Å². The largest absolute Gasteiger partial charge is 0.381 e. The second-order valence-corrected chi connectivity index (χ2v) is 6.86. The third-order valence-corrected chi connectivity index (χ3v) is 5.12. The summed E-state index contributed by atoms with van der Waals surface area (Å²) in [5, 5.41) is 0. The molecule has 0 aromatic carbocycles. The molecule has 0 spiro atoms. The van der Waals surface area contributed by atoms with E-state index in [1.165, 1.54) is 8.66 Å². The van der Waals surface area contributed by atoms with Gasteiger partial charge < -0.3 is 10.5 Å². The molecule has 0 bridgehead atoms. The predicted molar refractivity (Wildman–Crippen MR) is 75.4 cm³/mol. The van der Waals surface area contributed by atoms with E-state index in [1.807, 2.05) is 0 Å². The first-order valence-corrected chi connectivity index (χ1v) is 7.57. The minimum Gasteiger partial charge on any atom is -0.381 e. The van der Waals surface area contributed by atoms with Crippen LogP contribution in [0.3, 0.4) is 0 Å². The van der Waals surface area contributed by atoms with Gasteiger partial charge in [-0.2, -0.15) is 0 Å². The molecule has 1 aromatic heterocycles. The Morgan fingerprint density at radius 2 is 2.24 bits per heavy atom. The van der Waals surface area contributed by atoms with Crippen LogP contribution in [0.4, 0.5) is 0 Å². The lowest BCUT2D eigenvalue weighted by atomic mass is 10.0. The number of methoxy groups -OCH3 is 1. The number of nitrogens with zero attached hydrogens (tertiary/aromatic N) is 1. The summed E-state index contributed by atoms with van der Waals surface area (Å²) in [4.78, 5) is 3.84. The number of ether oxygens (including phenoxy) is 1. The highest BCUT2D eigenvalue weighted by molar-refractivity contribution is 9.11. The van der Waals surface area contributed by atoms with E-state index in [4.69, 9.17) is 10.5 Å². The molecule has 0 radical (unpaired) electrons. The number of piperidine rings is 1. The van der Waals surface area contributed by atoms with E-state index in [2.05, 4.69) is 33.0 Å². The van der Waals surface area contributed by atoms with Crippen LogP contribution in [0.5, 0.6) is 0 Å². The number of likely N-dealkylation sites (tertiary alicyclic amines) is 1. The van der Waals surface area contributed by atoms with Gasteiger partial charge in [0.25, 0.3) is 0 Å². The first kappa shape index (κ1) is 13.5. The van der Waals surface area contributed by atoms with Gasteiger partial charge in [0.05, 0.1) is 15.9 Å². The first-order valence-electron chi connectivity index (χ1n) is 5.96. The lowest BCUT2D eigenvalue weighted by Crippen LogP contribution is -2.41. The van der Waals surface area contributed by atoms with Crippen LogP contribution < -0.4 is 5.73 Å². The lowest BCUT2D eigenvalue weighted by Gasteiger charge is -2.36. The Morgan fingerprint density at radius 3 is 2.71 bits per heavy atom. The predicted octanol–water partition coefficient (Wildman–Crippen LogP) is 2.62. The van der Waals surface area contributed by atoms with Crippen molar-refractivity contribution in [3.05, 3.63) is 20.8 Å². The fourth-order valence-corrected chi connectivity index (χ4v) is 3.95. The Balaban J connectivity index is 2.00. The summed E-state index contributed by atoms with van der Waals surface area (Å²) in [7, 11) is 1.80. The molecule has 1 aliphatic rings. The maximum absolute atomic E-state index is 5.93. The number of hydrogen-bond acceptors (Lipinski definition) is 4. The van der Waals surface area contributed by atoms with Crippen LogP contribution in [0, 0.1) is 0 Å². The van der Waals surface area contributed by atoms with Crippen LogP contribution in [-0.2, 0) is 4.74 Å². The van der Waals surface area contributed by atoms with Gasteiger partial charge in [-0.15, -0.1) is 11.3 Å². The Morgan fingerprint density at radius 1 is 1.53 bits per heavy atom. The van der Waals surface area contributed by atoms with Gasteiger partial charge in [0.1, 0.15) is 0 Å². The molecule has 1 aromatic rings. The molecular weight excluding hydrogens is 300 g/mol. The Kier molecular flexibility index (Phi) is 4.99. The topological polar surface area (TPSA) is 38.5 Å². The van der Waals surface area contributed by atoms with Gasteiger partial charge in [0, 0.05) is 31.6 Å². The average molecular weight is 319 g/mol. The summed E-state index contributed by atoms with van der Waals surface area (Å²) < 4.78 is 6.58. The van der Waals surface area contributed by atoms with Gasteiger partial charge in [0.15, 0.2) is 0 Å². The normalized spacial score (nSPS) is 20.6. The third-order valence-electron chi connectivity index (χ3n) is 3.40. The van der Waals surface area contributed by atoms with E-state index in [1.54, 1.807) is 18.4 Å². The highest BCUT2D eigenvalue weighted by Gasteiger charge is 2.25. The van der Waals surface area contributed by atoms with Crippen molar-refractivity contribution in [2.75, 3.05) is 26.7 Å². The molecule has 2 rings (SSSR count). The Bertz CT molecular complexity index is 350. The number of hydrogen-bond donors (Lipinski definition) is 1. The smallest absolute Gasteiger partial charge is 0.0702 e. The average Bonchev–Trinajstić information content (AvgIpc) is 2.78. The molecule has 2 N–H and O–H groups in total. The van der Waals surface area contributed by atoms with Crippen LogP contribution in [0.25, 0.3) is 0 Å². The summed E-state index contributed by atoms with van der Waals surface area (Å²) >= 11 is 5.30. The van der Waals surface area contributed by atoms with Crippen LogP contribution in [0.1, 0.15) is 23.8 Å². The molecule has 0 aliphatic carbocycles. The van der Waals surface area contributed by atoms with E-state index in [0.717, 1.165) is 25.9 Å². The molecule has 2 heterocycles. The van der Waals surface area contributed by atoms with Crippen LogP contribution in [0.15, 0.2) is 15.9 Å². The SMILES string of the molecule is COC1CCN(C(CN)c2ccc(Br)s2)CC1.